The Morgan fingerprint density at radius 1 is 0.909 bits per heavy atom. The van der Waals surface area contributed by atoms with E-state index in [0.717, 1.165) is 62.0 Å². The van der Waals surface area contributed by atoms with Crippen LogP contribution < -0.4 is 10.6 Å². The summed E-state index contributed by atoms with van der Waals surface area (Å²) in [6.07, 6.45) is 1.84. The van der Waals surface area contributed by atoms with Crippen LogP contribution in [0.5, 0.6) is 0 Å². The number of anilines is 1. The summed E-state index contributed by atoms with van der Waals surface area (Å²) in [6, 6.07) is 20.0. The zero-order valence-electron chi connectivity index (χ0n) is 18.7. The van der Waals surface area contributed by atoms with Gasteiger partial charge >= 0.3 is 0 Å². The standard InChI is InChI=1S/C27H29N3O3/c31-26(21-9-10-21)29-25-16-23-4-2-1-3-22(23)15-24(25)27(32)28-17-19-5-7-20(8-6-19)18-30-11-13-33-14-12-30/h1-8,15-16,21H,9-14,17-18H2,(H,28,32)(H,29,31). The molecule has 33 heavy (non-hydrogen) atoms. The van der Waals surface area contributed by atoms with Crippen LogP contribution in [0.15, 0.2) is 60.7 Å². The summed E-state index contributed by atoms with van der Waals surface area (Å²) in [4.78, 5) is 27.9. The maximum Gasteiger partial charge on any atom is 0.253 e. The molecule has 2 N–H and O–H groups in total. The molecule has 2 aliphatic rings. The second-order valence-electron chi connectivity index (χ2n) is 8.90. The molecule has 2 fully saturated rings. The first-order chi connectivity index (χ1) is 16.2. The van der Waals surface area contributed by atoms with Gasteiger partial charge in [-0.15, -0.1) is 0 Å². The lowest BCUT2D eigenvalue weighted by Gasteiger charge is -2.26. The number of benzene rings is 3. The predicted octanol–water partition coefficient (Wildman–Crippen LogP) is 3.95. The van der Waals surface area contributed by atoms with Crippen LogP contribution in [0.1, 0.15) is 34.3 Å². The predicted molar refractivity (Wildman–Crippen MR) is 129 cm³/mol. The molecular formula is C27H29N3O3. The van der Waals surface area contributed by atoms with Crippen LogP contribution in [0.2, 0.25) is 0 Å². The molecule has 2 amide bonds. The number of carbonyl (C=O) groups excluding carboxylic acids is 2. The molecule has 1 saturated heterocycles. The number of fused-ring (bicyclic) bond motifs is 1. The van der Waals surface area contributed by atoms with Crippen molar-refractivity contribution in [3.8, 4) is 0 Å². The van der Waals surface area contributed by atoms with Gasteiger partial charge in [-0.05, 0) is 46.9 Å². The summed E-state index contributed by atoms with van der Waals surface area (Å²) in [5, 5.41) is 7.97. The molecule has 3 aromatic carbocycles. The van der Waals surface area contributed by atoms with Crippen molar-refractivity contribution in [1.82, 2.24) is 10.2 Å². The fraction of sp³-hybridized carbons (Fsp3) is 0.333. The summed E-state index contributed by atoms with van der Waals surface area (Å²) >= 11 is 0. The lowest BCUT2D eigenvalue weighted by atomic mass is 10.0. The number of hydrogen-bond acceptors (Lipinski definition) is 4. The van der Waals surface area contributed by atoms with E-state index in [4.69, 9.17) is 4.74 Å². The second kappa shape index (κ2) is 9.73. The SMILES string of the molecule is O=C(NCc1ccc(CN2CCOCC2)cc1)c1cc2ccccc2cc1NC(=O)C1CC1. The third kappa shape index (κ3) is 5.41. The Kier molecular flexibility index (Phi) is 6.37. The van der Waals surface area contributed by atoms with Crippen molar-refractivity contribution < 1.29 is 14.3 Å². The molecule has 0 aromatic heterocycles. The van der Waals surface area contributed by atoms with Crippen LogP contribution in [-0.2, 0) is 22.6 Å². The average Bonchev–Trinajstić information content (AvgIpc) is 3.69. The topological polar surface area (TPSA) is 70.7 Å². The summed E-state index contributed by atoms with van der Waals surface area (Å²) in [6.45, 7) is 4.85. The van der Waals surface area contributed by atoms with Gasteiger partial charge in [0.2, 0.25) is 5.91 Å². The molecule has 0 atom stereocenters. The molecule has 1 saturated carbocycles. The molecule has 0 radical (unpaired) electrons. The van der Waals surface area contributed by atoms with Crippen LogP contribution in [0, 0.1) is 5.92 Å². The third-order valence-corrected chi connectivity index (χ3v) is 6.32. The molecule has 0 bridgehead atoms. The number of amides is 2. The van der Waals surface area contributed by atoms with Gasteiger partial charge in [0, 0.05) is 32.1 Å². The minimum atomic E-state index is -0.191. The van der Waals surface area contributed by atoms with Crippen molar-refractivity contribution >= 4 is 28.3 Å². The zero-order valence-corrected chi connectivity index (χ0v) is 18.7. The normalized spacial score (nSPS) is 16.5. The van der Waals surface area contributed by atoms with E-state index in [-0.39, 0.29) is 17.7 Å². The van der Waals surface area contributed by atoms with Crippen LogP contribution in [0.25, 0.3) is 10.8 Å². The van der Waals surface area contributed by atoms with Crippen molar-refractivity contribution in [1.29, 1.82) is 0 Å². The molecule has 1 aliphatic heterocycles. The van der Waals surface area contributed by atoms with Crippen molar-refractivity contribution in [3.05, 3.63) is 77.4 Å². The first-order valence-corrected chi connectivity index (χ1v) is 11.7. The quantitative estimate of drug-likeness (QED) is 0.580. The summed E-state index contributed by atoms with van der Waals surface area (Å²) < 4.78 is 5.41. The highest BCUT2D eigenvalue weighted by Gasteiger charge is 2.30. The third-order valence-electron chi connectivity index (χ3n) is 6.32. The van der Waals surface area contributed by atoms with Gasteiger partial charge < -0.3 is 15.4 Å². The fourth-order valence-corrected chi connectivity index (χ4v) is 4.17. The van der Waals surface area contributed by atoms with Gasteiger partial charge in [0.05, 0.1) is 24.5 Å². The number of hydrogen-bond donors (Lipinski definition) is 2. The minimum Gasteiger partial charge on any atom is -0.379 e. The molecule has 0 spiro atoms. The maximum absolute atomic E-state index is 13.1. The first kappa shape index (κ1) is 21.6. The first-order valence-electron chi connectivity index (χ1n) is 11.7. The zero-order chi connectivity index (χ0) is 22.6. The van der Waals surface area contributed by atoms with E-state index in [1.807, 2.05) is 36.4 Å². The lowest BCUT2D eigenvalue weighted by Crippen LogP contribution is -2.35. The smallest absolute Gasteiger partial charge is 0.253 e. The molecule has 6 nitrogen and oxygen atoms in total. The molecule has 1 aliphatic carbocycles. The van der Waals surface area contributed by atoms with Crippen LogP contribution in [-0.4, -0.2) is 43.0 Å². The van der Waals surface area contributed by atoms with E-state index in [2.05, 4.69) is 39.8 Å². The van der Waals surface area contributed by atoms with Crippen molar-refractivity contribution in [2.24, 2.45) is 5.92 Å². The van der Waals surface area contributed by atoms with E-state index < -0.39 is 0 Å². The molecule has 170 valence electrons. The summed E-state index contributed by atoms with van der Waals surface area (Å²) in [5.74, 6) is -0.122. The van der Waals surface area contributed by atoms with Crippen molar-refractivity contribution in [3.63, 3.8) is 0 Å². The Morgan fingerprint density at radius 3 is 2.27 bits per heavy atom. The summed E-state index contributed by atoms with van der Waals surface area (Å²) in [7, 11) is 0. The Balaban J connectivity index is 1.26. The van der Waals surface area contributed by atoms with E-state index in [1.54, 1.807) is 0 Å². The molecule has 6 heteroatoms. The van der Waals surface area contributed by atoms with E-state index >= 15 is 0 Å². The highest BCUT2D eigenvalue weighted by atomic mass is 16.5. The van der Waals surface area contributed by atoms with Crippen LogP contribution in [0.4, 0.5) is 5.69 Å². The maximum atomic E-state index is 13.1. The van der Waals surface area contributed by atoms with Crippen LogP contribution >= 0.6 is 0 Å². The number of rotatable bonds is 7. The van der Waals surface area contributed by atoms with Crippen molar-refractivity contribution in [2.75, 3.05) is 31.6 Å². The van der Waals surface area contributed by atoms with Gasteiger partial charge in [0.25, 0.3) is 5.91 Å². The molecular weight excluding hydrogens is 414 g/mol. The minimum absolute atomic E-state index is 0.00446. The largest absolute Gasteiger partial charge is 0.379 e. The molecule has 0 unspecified atom stereocenters. The average molecular weight is 444 g/mol. The number of nitrogens with one attached hydrogen (secondary N) is 2. The highest BCUT2D eigenvalue weighted by Crippen LogP contribution is 2.32. The summed E-state index contributed by atoms with van der Waals surface area (Å²) in [5.41, 5.74) is 3.36. The molecule has 3 aromatic rings. The van der Waals surface area contributed by atoms with Gasteiger partial charge in [0.15, 0.2) is 0 Å². The van der Waals surface area contributed by atoms with Gasteiger partial charge in [-0.3, -0.25) is 14.5 Å². The number of morpholine rings is 1. The number of carbonyl (C=O) groups is 2. The Bertz CT molecular complexity index is 1150. The van der Waals surface area contributed by atoms with E-state index in [9.17, 15) is 9.59 Å². The molecule has 5 rings (SSSR count). The van der Waals surface area contributed by atoms with Crippen LogP contribution in [0.3, 0.4) is 0 Å². The second-order valence-corrected chi connectivity index (χ2v) is 8.90. The Hall–Kier alpha value is -3.22. The number of nitrogens with zero attached hydrogens (tertiary/aromatic N) is 1. The Labute approximate surface area is 193 Å². The lowest BCUT2D eigenvalue weighted by molar-refractivity contribution is -0.117. The van der Waals surface area contributed by atoms with E-state index in [1.165, 1.54) is 5.56 Å². The van der Waals surface area contributed by atoms with Gasteiger partial charge in [-0.25, -0.2) is 0 Å². The van der Waals surface area contributed by atoms with Gasteiger partial charge in [0.1, 0.15) is 0 Å². The number of ether oxygens (including phenoxy) is 1. The van der Waals surface area contributed by atoms with Gasteiger partial charge in [-0.1, -0.05) is 48.5 Å². The van der Waals surface area contributed by atoms with Crippen molar-refractivity contribution in [2.45, 2.75) is 25.9 Å². The fourth-order valence-electron chi connectivity index (χ4n) is 4.17. The van der Waals surface area contributed by atoms with E-state index in [0.29, 0.717) is 17.8 Å². The Morgan fingerprint density at radius 2 is 1.58 bits per heavy atom. The monoisotopic (exact) mass is 443 g/mol. The van der Waals surface area contributed by atoms with Gasteiger partial charge in [-0.2, -0.15) is 0 Å². The highest BCUT2D eigenvalue weighted by molar-refractivity contribution is 6.08. The molecule has 1 heterocycles.